The largest absolute Gasteiger partial charge is 0.457 e. The first-order chi connectivity index (χ1) is 12.8. The Labute approximate surface area is 153 Å². The first kappa shape index (κ1) is 15.0. The van der Waals surface area contributed by atoms with Crippen LogP contribution in [0.15, 0.2) is 109 Å². The molecule has 0 unspecified atom stereocenters. The molecule has 124 valence electrons. The van der Waals surface area contributed by atoms with Crippen molar-refractivity contribution in [2.45, 2.75) is 5.41 Å². The maximum absolute atomic E-state index is 6.19. The number of hydrogen-bond donors (Lipinski definition) is 0. The molecule has 0 radical (unpaired) electrons. The van der Waals surface area contributed by atoms with Crippen LogP contribution in [0.3, 0.4) is 0 Å². The van der Waals surface area contributed by atoms with Gasteiger partial charge in [-0.15, -0.1) is 0 Å². The molecule has 5 rings (SSSR count). The molecule has 0 amide bonds. The maximum atomic E-state index is 6.19. The number of para-hydroxylation sites is 1. The van der Waals surface area contributed by atoms with Gasteiger partial charge in [0.05, 0.1) is 5.41 Å². The molecule has 1 aliphatic heterocycles. The Balaban J connectivity index is 2.03. The van der Waals surface area contributed by atoms with Crippen LogP contribution in [0.25, 0.3) is 11.1 Å². The smallest absolute Gasteiger partial charge is 0.132 e. The fraction of sp³-hybridized carbons (Fsp3) is 0.0400. The summed E-state index contributed by atoms with van der Waals surface area (Å²) >= 11 is 0. The summed E-state index contributed by atoms with van der Waals surface area (Å²) in [5.74, 6) is 1.64. The standard InChI is InChI=1S/C25H18O/c1-3-19-23(4-2)26-24-16-10-9-15-22(24)25(19)20-13-7-5-11-17(20)18-12-6-8-14-21(18)25/h3-16H,1-2H2. The van der Waals surface area contributed by atoms with Gasteiger partial charge in [0, 0.05) is 11.1 Å². The van der Waals surface area contributed by atoms with E-state index in [0.717, 1.165) is 22.6 Å². The summed E-state index contributed by atoms with van der Waals surface area (Å²) in [5, 5.41) is 0. The van der Waals surface area contributed by atoms with Crippen molar-refractivity contribution in [2.75, 3.05) is 0 Å². The topological polar surface area (TPSA) is 9.23 Å². The molecule has 1 aliphatic carbocycles. The van der Waals surface area contributed by atoms with Gasteiger partial charge >= 0.3 is 0 Å². The third-order valence-corrected chi connectivity index (χ3v) is 5.52. The highest BCUT2D eigenvalue weighted by Gasteiger charge is 2.50. The first-order valence-corrected chi connectivity index (χ1v) is 8.78. The monoisotopic (exact) mass is 334 g/mol. The highest BCUT2D eigenvalue weighted by atomic mass is 16.5. The summed E-state index contributed by atoms with van der Waals surface area (Å²) in [6.45, 7) is 8.13. The second-order valence-electron chi connectivity index (χ2n) is 6.63. The maximum Gasteiger partial charge on any atom is 0.132 e. The fourth-order valence-electron chi connectivity index (χ4n) is 4.59. The average molecular weight is 334 g/mol. The molecule has 2 aliphatic rings. The van der Waals surface area contributed by atoms with Crippen LogP contribution in [0.5, 0.6) is 5.75 Å². The third-order valence-electron chi connectivity index (χ3n) is 5.52. The van der Waals surface area contributed by atoms with Crippen molar-refractivity contribution in [3.8, 4) is 16.9 Å². The van der Waals surface area contributed by atoms with Crippen molar-refractivity contribution in [2.24, 2.45) is 0 Å². The Hall–Kier alpha value is -3.32. The van der Waals surface area contributed by atoms with Crippen molar-refractivity contribution in [3.63, 3.8) is 0 Å². The number of allylic oxidation sites excluding steroid dienone is 3. The van der Waals surface area contributed by atoms with E-state index in [1.54, 1.807) is 6.08 Å². The molecular formula is C25H18O. The van der Waals surface area contributed by atoms with Crippen LogP contribution in [-0.2, 0) is 5.41 Å². The molecule has 0 N–H and O–H groups in total. The lowest BCUT2D eigenvalue weighted by Crippen LogP contribution is -2.33. The summed E-state index contributed by atoms with van der Waals surface area (Å²) in [5.41, 5.74) is 6.84. The van der Waals surface area contributed by atoms with Crippen molar-refractivity contribution in [3.05, 3.63) is 126 Å². The summed E-state index contributed by atoms with van der Waals surface area (Å²) < 4.78 is 6.19. The quantitative estimate of drug-likeness (QED) is 0.557. The van der Waals surface area contributed by atoms with Crippen LogP contribution in [0, 0.1) is 0 Å². The second-order valence-corrected chi connectivity index (χ2v) is 6.63. The van der Waals surface area contributed by atoms with Gasteiger partial charge in [-0.05, 0) is 34.4 Å². The van der Waals surface area contributed by atoms with E-state index in [4.69, 9.17) is 4.74 Å². The van der Waals surface area contributed by atoms with E-state index in [-0.39, 0.29) is 0 Å². The van der Waals surface area contributed by atoms with Gasteiger partial charge in [-0.25, -0.2) is 0 Å². The zero-order valence-electron chi connectivity index (χ0n) is 14.4. The molecule has 1 heteroatoms. The van der Waals surface area contributed by atoms with Crippen molar-refractivity contribution < 1.29 is 4.74 Å². The Kier molecular flexibility index (Phi) is 3.07. The number of hydrogen-bond acceptors (Lipinski definition) is 1. The molecule has 3 aromatic carbocycles. The average Bonchev–Trinajstić information content (AvgIpc) is 3.00. The van der Waals surface area contributed by atoms with Crippen LogP contribution in [-0.4, -0.2) is 0 Å². The summed E-state index contributed by atoms with van der Waals surface area (Å²) in [6, 6.07) is 25.6. The molecule has 26 heavy (non-hydrogen) atoms. The van der Waals surface area contributed by atoms with E-state index < -0.39 is 5.41 Å². The Bertz CT molecular complexity index is 1050. The minimum atomic E-state index is -0.423. The summed E-state index contributed by atoms with van der Waals surface area (Å²) in [6.07, 6.45) is 3.71. The number of fused-ring (bicyclic) bond motifs is 7. The van der Waals surface area contributed by atoms with Gasteiger partial charge < -0.3 is 4.74 Å². The molecule has 0 bridgehead atoms. The van der Waals surface area contributed by atoms with E-state index in [1.807, 2.05) is 18.2 Å². The molecule has 1 heterocycles. The lowest BCUT2D eigenvalue weighted by atomic mass is 9.65. The van der Waals surface area contributed by atoms with Crippen LogP contribution >= 0.6 is 0 Å². The van der Waals surface area contributed by atoms with Gasteiger partial charge in [0.1, 0.15) is 11.5 Å². The zero-order valence-corrected chi connectivity index (χ0v) is 14.4. The number of rotatable bonds is 2. The van der Waals surface area contributed by atoms with Gasteiger partial charge in [0.25, 0.3) is 0 Å². The fourth-order valence-corrected chi connectivity index (χ4v) is 4.59. The van der Waals surface area contributed by atoms with Gasteiger partial charge in [-0.2, -0.15) is 0 Å². The van der Waals surface area contributed by atoms with Gasteiger partial charge in [0.2, 0.25) is 0 Å². The molecule has 0 saturated heterocycles. The van der Waals surface area contributed by atoms with E-state index in [2.05, 4.69) is 73.8 Å². The molecular weight excluding hydrogens is 316 g/mol. The summed E-state index contributed by atoms with van der Waals surface area (Å²) in [7, 11) is 0. The Morgan fingerprint density at radius 2 is 1.19 bits per heavy atom. The third kappa shape index (κ3) is 1.65. The predicted molar refractivity (Wildman–Crippen MR) is 106 cm³/mol. The zero-order chi connectivity index (χ0) is 17.7. The van der Waals surface area contributed by atoms with Crippen LogP contribution in [0.4, 0.5) is 0 Å². The van der Waals surface area contributed by atoms with Crippen molar-refractivity contribution in [1.29, 1.82) is 0 Å². The van der Waals surface area contributed by atoms with E-state index in [9.17, 15) is 0 Å². The minimum Gasteiger partial charge on any atom is -0.457 e. The number of benzene rings is 3. The number of ether oxygens (including phenoxy) is 1. The normalized spacial score (nSPS) is 15.7. The van der Waals surface area contributed by atoms with Gasteiger partial charge in [-0.1, -0.05) is 86.0 Å². The summed E-state index contributed by atoms with van der Waals surface area (Å²) in [4.78, 5) is 0. The van der Waals surface area contributed by atoms with Crippen LogP contribution in [0.2, 0.25) is 0 Å². The molecule has 0 fully saturated rings. The Morgan fingerprint density at radius 3 is 1.77 bits per heavy atom. The van der Waals surface area contributed by atoms with E-state index in [0.29, 0.717) is 0 Å². The minimum absolute atomic E-state index is 0.423. The van der Waals surface area contributed by atoms with Gasteiger partial charge in [-0.3, -0.25) is 0 Å². The van der Waals surface area contributed by atoms with Gasteiger partial charge in [0.15, 0.2) is 0 Å². The molecule has 3 aromatic rings. The molecule has 1 nitrogen and oxygen atoms in total. The Morgan fingerprint density at radius 1 is 0.654 bits per heavy atom. The molecule has 0 saturated carbocycles. The lowest BCUT2D eigenvalue weighted by molar-refractivity contribution is 0.403. The lowest BCUT2D eigenvalue weighted by Gasteiger charge is -2.39. The molecule has 1 spiro atoms. The van der Waals surface area contributed by atoms with Crippen LogP contribution < -0.4 is 4.74 Å². The predicted octanol–water partition coefficient (Wildman–Crippen LogP) is 6.02. The molecule has 0 atom stereocenters. The van der Waals surface area contributed by atoms with E-state index in [1.165, 1.54) is 22.3 Å². The highest BCUT2D eigenvalue weighted by molar-refractivity contribution is 5.88. The van der Waals surface area contributed by atoms with Crippen LogP contribution in [0.1, 0.15) is 16.7 Å². The van der Waals surface area contributed by atoms with E-state index >= 15 is 0 Å². The highest BCUT2D eigenvalue weighted by Crippen LogP contribution is 2.60. The molecule has 0 aromatic heterocycles. The first-order valence-electron chi connectivity index (χ1n) is 8.78. The van der Waals surface area contributed by atoms with Crippen molar-refractivity contribution >= 4 is 0 Å². The second kappa shape index (κ2) is 5.34. The van der Waals surface area contributed by atoms with Crippen molar-refractivity contribution in [1.82, 2.24) is 0 Å². The SMILES string of the molecule is C=CC1=C(C=C)C2(c3ccccc3O1)c1ccccc1-c1ccccc12.